The van der Waals surface area contributed by atoms with Gasteiger partial charge in [0.1, 0.15) is 5.75 Å². The maximum absolute atomic E-state index is 13.4. The number of rotatable bonds is 6. The molecule has 1 atom stereocenters. The highest BCUT2D eigenvalue weighted by Gasteiger charge is 2.35. The van der Waals surface area contributed by atoms with E-state index in [1.807, 2.05) is 49.4 Å². The average molecular weight is 424 g/mol. The molecule has 1 saturated heterocycles. The summed E-state index contributed by atoms with van der Waals surface area (Å²) in [5.41, 5.74) is 1.54. The van der Waals surface area contributed by atoms with E-state index in [0.29, 0.717) is 30.9 Å². The van der Waals surface area contributed by atoms with E-state index in [2.05, 4.69) is 0 Å². The van der Waals surface area contributed by atoms with Crippen LogP contribution in [0.4, 0.5) is 0 Å². The van der Waals surface area contributed by atoms with Crippen LogP contribution in [0.5, 0.6) is 5.75 Å². The number of amides is 1. The SMILES string of the molecule is CCOc1ccc(C(=O)N(Cc2cccc3ccccc23)C2CCS(=O)(=O)C2)cc1. The lowest BCUT2D eigenvalue weighted by atomic mass is 10.0. The van der Waals surface area contributed by atoms with Gasteiger partial charge in [0.2, 0.25) is 0 Å². The minimum atomic E-state index is -3.12. The second kappa shape index (κ2) is 8.48. The van der Waals surface area contributed by atoms with Gasteiger partial charge in [0.15, 0.2) is 9.84 Å². The van der Waals surface area contributed by atoms with Gasteiger partial charge < -0.3 is 9.64 Å². The van der Waals surface area contributed by atoms with Crippen LogP contribution in [0.3, 0.4) is 0 Å². The Kier molecular flexibility index (Phi) is 5.77. The lowest BCUT2D eigenvalue weighted by Crippen LogP contribution is -2.40. The Morgan fingerprint density at radius 3 is 2.47 bits per heavy atom. The molecule has 1 amide bonds. The highest BCUT2D eigenvalue weighted by atomic mass is 32.2. The topological polar surface area (TPSA) is 63.7 Å². The van der Waals surface area contributed by atoms with Gasteiger partial charge in [-0.05, 0) is 53.9 Å². The van der Waals surface area contributed by atoms with Gasteiger partial charge in [0.05, 0.1) is 18.1 Å². The fraction of sp³-hybridized carbons (Fsp3) is 0.292. The van der Waals surface area contributed by atoms with Crippen molar-refractivity contribution in [2.24, 2.45) is 0 Å². The van der Waals surface area contributed by atoms with E-state index >= 15 is 0 Å². The summed E-state index contributed by atoms with van der Waals surface area (Å²) in [5.74, 6) is 0.687. The molecule has 1 aliphatic heterocycles. The number of hydrogen-bond acceptors (Lipinski definition) is 4. The van der Waals surface area contributed by atoms with Crippen molar-refractivity contribution >= 4 is 26.5 Å². The van der Waals surface area contributed by atoms with Crippen molar-refractivity contribution in [3.8, 4) is 5.75 Å². The maximum Gasteiger partial charge on any atom is 0.254 e. The molecule has 0 bridgehead atoms. The summed E-state index contributed by atoms with van der Waals surface area (Å²) >= 11 is 0. The number of hydrogen-bond donors (Lipinski definition) is 0. The summed E-state index contributed by atoms with van der Waals surface area (Å²) in [7, 11) is -3.12. The lowest BCUT2D eigenvalue weighted by Gasteiger charge is -2.29. The molecule has 0 saturated carbocycles. The Morgan fingerprint density at radius 1 is 1.03 bits per heavy atom. The first kappa shape index (κ1) is 20.4. The fourth-order valence-electron chi connectivity index (χ4n) is 4.03. The summed E-state index contributed by atoms with van der Waals surface area (Å²) < 4.78 is 29.7. The van der Waals surface area contributed by atoms with Gasteiger partial charge in [-0.3, -0.25) is 4.79 Å². The Morgan fingerprint density at radius 2 is 1.77 bits per heavy atom. The Bertz CT molecular complexity index is 1150. The third kappa shape index (κ3) is 4.33. The van der Waals surface area contributed by atoms with Gasteiger partial charge in [-0.15, -0.1) is 0 Å². The summed E-state index contributed by atoms with van der Waals surface area (Å²) in [6, 6.07) is 20.8. The van der Waals surface area contributed by atoms with Crippen molar-refractivity contribution in [3.63, 3.8) is 0 Å². The van der Waals surface area contributed by atoms with Gasteiger partial charge in [0, 0.05) is 18.2 Å². The zero-order valence-corrected chi connectivity index (χ0v) is 17.8. The van der Waals surface area contributed by atoms with Crippen LogP contribution in [0.15, 0.2) is 66.7 Å². The Balaban J connectivity index is 1.68. The van der Waals surface area contributed by atoms with Crippen LogP contribution in [-0.2, 0) is 16.4 Å². The van der Waals surface area contributed by atoms with Gasteiger partial charge in [0.25, 0.3) is 5.91 Å². The zero-order valence-electron chi connectivity index (χ0n) is 17.0. The summed E-state index contributed by atoms with van der Waals surface area (Å²) in [4.78, 5) is 15.2. The molecule has 3 aromatic carbocycles. The minimum Gasteiger partial charge on any atom is -0.494 e. The number of nitrogens with zero attached hydrogens (tertiary/aromatic N) is 1. The summed E-state index contributed by atoms with van der Waals surface area (Å²) in [6.45, 7) is 2.83. The molecular weight excluding hydrogens is 398 g/mol. The van der Waals surface area contributed by atoms with E-state index in [-0.39, 0.29) is 23.5 Å². The molecule has 0 aromatic heterocycles. The van der Waals surface area contributed by atoms with E-state index in [9.17, 15) is 13.2 Å². The van der Waals surface area contributed by atoms with Crippen LogP contribution in [0, 0.1) is 0 Å². The Labute approximate surface area is 177 Å². The third-order valence-electron chi connectivity index (χ3n) is 5.54. The summed E-state index contributed by atoms with van der Waals surface area (Å²) in [6.07, 6.45) is 0.468. The smallest absolute Gasteiger partial charge is 0.254 e. The van der Waals surface area contributed by atoms with Crippen LogP contribution in [0.2, 0.25) is 0 Å². The molecule has 1 fully saturated rings. The Hall–Kier alpha value is -2.86. The van der Waals surface area contributed by atoms with Crippen LogP contribution < -0.4 is 4.74 Å². The number of fused-ring (bicyclic) bond motifs is 1. The quantitative estimate of drug-likeness (QED) is 0.600. The third-order valence-corrected chi connectivity index (χ3v) is 7.29. The number of carbonyl (C=O) groups is 1. The number of benzene rings is 3. The second-order valence-corrected chi connectivity index (χ2v) is 9.81. The van der Waals surface area contributed by atoms with Gasteiger partial charge >= 0.3 is 0 Å². The largest absolute Gasteiger partial charge is 0.494 e. The standard InChI is InChI=1S/C24H25NO4S/c1-2-29-22-12-10-19(11-13-22)24(26)25(21-14-15-30(27,28)17-21)16-20-8-5-7-18-6-3-4-9-23(18)20/h3-13,21H,2,14-17H2,1H3. The average Bonchev–Trinajstić information content (AvgIpc) is 3.12. The van der Waals surface area contributed by atoms with Crippen molar-refractivity contribution in [1.29, 1.82) is 0 Å². The molecule has 0 spiro atoms. The van der Waals surface area contributed by atoms with Gasteiger partial charge in [-0.1, -0.05) is 42.5 Å². The van der Waals surface area contributed by atoms with Gasteiger partial charge in [-0.2, -0.15) is 0 Å². The molecule has 0 radical (unpaired) electrons. The first-order valence-electron chi connectivity index (χ1n) is 10.2. The van der Waals surface area contributed by atoms with Crippen LogP contribution in [0.25, 0.3) is 10.8 Å². The van der Waals surface area contributed by atoms with Crippen molar-refractivity contribution in [2.45, 2.75) is 25.9 Å². The molecule has 156 valence electrons. The van der Waals surface area contributed by atoms with E-state index in [1.165, 1.54) is 0 Å². The molecule has 3 aromatic rings. The van der Waals surface area contributed by atoms with E-state index in [1.54, 1.807) is 29.2 Å². The van der Waals surface area contributed by atoms with Gasteiger partial charge in [-0.25, -0.2) is 8.42 Å². The molecular formula is C24H25NO4S. The highest BCUT2D eigenvalue weighted by molar-refractivity contribution is 7.91. The minimum absolute atomic E-state index is 0.0144. The number of sulfone groups is 1. The van der Waals surface area contributed by atoms with E-state index in [0.717, 1.165) is 16.3 Å². The van der Waals surface area contributed by atoms with Crippen LogP contribution in [0.1, 0.15) is 29.3 Å². The van der Waals surface area contributed by atoms with Crippen LogP contribution in [-0.4, -0.2) is 43.4 Å². The zero-order chi connectivity index (χ0) is 21.1. The first-order chi connectivity index (χ1) is 14.5. The van der Waals surface area contributed by atoms with E-state index < -0.39 is 9.84 Å². The monoisotopic (exact) mass is 423 g/mol. The first-order valence-corrected chi connectivity index (χ1v) is 12.0. The molecule has 4 rings (SSSR count). The number of carbonyl (C=O) groups excluding carboxylic acids is 1. The summed E-state index contributed by atoms with van der Waals surface area (Å²) in [5, 5.41) is 2.17. The van der Waals surface area contributed by atoms with Crippen molar-refractivity contribution in [1.82, 2.24) is 4.90 Å². The predicted octanol–water partition coefficient (Wildman–Crippen LogP) is 4.07. The molecule has 1 unspecified atom stereocenters. The molecule has 6 heteroatoms. The van der Waals surface area contributed by atoms with Crippen molar-refractivity contribution in [2.75, 3.05) is 18.1 Å². The van der Waals surface area contributed by atoms with Crippen molar-refractivity contribution in [3.05, 3.63) is 77.9 Å². The normalized spacial score (nSPS) is 17.7. The molecule has 30 heavy (non-hydrogen) atoms. The molecule has 0 aliphatic carbocycles. The molecule has 5 nitrogen and oxygen atoms in total. The lowest BCUT2D eigenvalue weighted by molar-refractivity contribution is 0.0682. The predicted molar refractivity (Wildman–Crippen MR) is 118 cm³/mol. The number of ether oxygens (including phenoxy) is 1. The van der Waals surface area contributed by atoms with Crippen molar-refractivity contribution < 1.29 is 17.9 Å². The maximum atomic E-state index is 13.4. The highest BCUT2D eigenvalue weighted by Crippen LogP contribution is 2.26. The molecule has 0 N–H and O–H groups in total. The van der Waals surface area contributed by atoms with E-state index in [4.69, 9.17) is 4.74 Å². The fourth-order valence-corrected chi connectivity index (χ4v) is 5.76. The van der Waals surface area contributed by atoms with Crippen LogP contribution >= 0.6 is 0 Å². The molecule has 1 aliphatic rings. The second-order valence-electron chi connectivity index (χ2n) is 7.59. The molecule has 1 heterocycles.